The van der Waals surface area contributed by atoms with Crippen LogP contribution in [0.1, 0.15) is 60.6 Å². The minimum absolute atomic E-state index is 0.0332. The molecule has 1 atom stereocenters. The van der Waals surface area contributed by atoms with E-state index in [1.165, 1.54) is 0 Å². The number of carbonyl (C=O) groups excluding carboxylic acids is 1. The summed E-state index contributed by atoms with van der Waals surface area (Å²) in [6.45, 7) is 5.51. The molecule has 1 aliphatic rings. The third-order valence-electron chi connectivity index (χ3n) is 4.58. The molecule has 3 rings (SSSR count). The average molecular weight is 361 g/mol. The monoisotopic (exact) mass is 361 g/mol. The lowest BCUT2D eigenvalue weighted by atomic mass is 10.1. The Bertz CT molecular complexity index is 752. The molecule has 8 heteroatoms. The molecule has 1 amide bonds. The number of ether oxygens (including phenoxy) is 1. The Morgan fingerprint density at radius 2 is 2.27 bits per heavy atom. The van der Waals surface area contributed by atoms with Crippen LogP contribution in [0.5, 0.6) is 0 Å². The molecule has 0 bridgehead atoms. The van der Waals surface area contributed by atoms with E-state index in [9.17, 15) is 4.79 Å². The first-order valence-corrected chi connectivity index (χ1v) is 9.15. The Balaban J connectivity index is 1.76. The normalized spacial score (nSPS) is 17.4. The molecule has 0 spiro atoms. The van der Waals surface area contributed by atoms with Gasteiger partial charge in [0, 0.05) is 27.1 Å². The standard InChI is InChI=1S/C18H27N5O3/c1-12(2)10-13-11-15(22(3)20-13)18(24)23-8-5-6-14(23)17-19-16(21-26-17)7-9-25-4/h11-12,14H,5-10H2,1-4H3/t14-/m0/s1. The fourth-order valence-corrected chi connectivity index (χ4v) is 3.36. The number of nitrogens with zero attached hydrogens (tertiary/aromatic N) is 5. The van der Waals surface area contributed by atoms with Crippen molar-refractivity contribution < 1.29 is 14.1 Å². The molecule has 8 nitrogen and oxygen atoms in total. The summed E-state index contributed by atoms with van der Waals surface area (Å²) in [7, 11) is 3.46. The van der Waals surface area contributed by atoms with Crippen molar-refractivity contribution in [2.45, 2.75) is 45.6 Å². The second-order valence-electron chi connectivity index (χ2n) is 7.19. The molecule has 1 saturated heterocycles. The molecule has 0 aromatic carbocycles. The predicted octanol–water partition coefficient (Wildman–Crippen LogP) is 2.17. The molecule has 3 heterocycles. The smallest absolute Gasteiger partial charge is 0.272 e. The summed E-state index contributed by atoms with van der Waals surface area (Å²) in [4.78, 5) is 19.4. The van der Waals surface area contributed by atoms with Crippen LogP contribution in [0.3, 0.4) is 0 Å². The SMILES string of the molecule is COCCc1noc([C@@H]2CCCN2C(=O)c2cc(CC(C)C)nn2C)n1. The van der Waals surface area contributed by atoms with Crippen LogP contribution in [0.2, 0.25) is 0 Å². The zero-order valence-electron chi connectivity index (χ0n) is 15.9. The average Bonchev–Trinajstić information content (AvgIpc) is 3.30. The lowest BCUT2D eigenvalue weighted by Crippen LogP contribution is -2.32. The Labute approximate surface area is 153 Å². The maximum absolute atomic E-state index is 13.1. The van der Waals surface area contributed by atoms with Crippen LogP contribution in [0.15, 0.2) is 10.6 Å². The molecular weight excluding hydrogens is 334 g/mol. The lowest BCUT2D eigenvalue weighted by molar-refractivity contribution is 0.0699. The number of likely N-dealkylation sites (tertiary alicyclic amines) is 1. The van der Waals surface area contributed by atoms with Crippen molar-refractivity contribution in [3.05, 3.63) is 29.2 Å². The molecular formula is C18H27N5O3. The first-order chi connectivity index (χ1) is 12.5. The van der Waals surface area contributed by atoms with Gasteiger partial charge in [0.25, 0.3) is 5.91 Å². The van der Waals surface area contributed by atoms with E-state index in [4.69, 9.17) is 9.26 Å². The van der Waals surface area contributed by atoms with E-state index in [2.05, 4.69) is 29.1 Å². The fraction of sp³-hybridized carbons (Fsp3) is 0.667. The van der Waals surface area contributed by atoms with Gasteiger partial charge in [0.2, 0.25) is 5.89 Å². The van der Waals surface area contributed by atoms with Crippen LogP contribution < -0.4 is 0 Å². The zero-order valence-corrected chi connectivity index (χ0v) is 15.9. The molecule has 0 unspecified atom stereocenters. The van der Waals surface area contributed by atoms with Gasteiger partial charge in [0.05, 0.1) is 12.3 Å². The van der Waals surface area contributed by atoms with Crippen LogP contribution >= 0.6 is 0 Å². The van der Waals surface area contributed by atoms with Crippen LogP contribution in [0.4, 0.5) is 0 Å². The largest absolute Gasteiger partial charge is 0.384 e. The summed E-state index contributed by atoms with van der Waals surface area (Å²) in [6.07, 6.45) is 3.20. The van der Waals surface area contributed by atoms with Gasteiger partial charge >= 0.3 is 0 Å². The molecule has 142 valence electrons. The van der Waals surface area contributed by atoms with Crippen molar-refractivity contribution in [3.8, 4) is 0 Å². The van der Waals surface area contributed by atoms with Crippen molar-refractivity contribution in [2.24, 2.45) is 13.0 Å². The van der Waals surface area contributed by atoms with Gasteiger partial charge in [0.1, 0.15) is 11.7 Å². The van der Waals surface area contributed by atoms with Crippen LogP contribution in [0.25, 0.3) is 0 Å². The minimum atomic E-state index is -0.172. The number of hydrogen-bond donors (Lipinski definition) is 0. The maximum atomic E-state index is 13.1. The zero-order chi connectivity index (χ0) is 18.7. The van der Waals surface area contributed by atoms with Gasteiger partial charge in [-0.05, 0) is 31.2 Å². The Morgan fingerprint density at radius 3 is 3.00 bits per heavy atom. The number of amides is 1. The molecule has 26 heavy (non-hydrogen) atoms. The van der Waals surface area contributed by atoms with Crippen molar-refractivity contribution in [2.75, 3.05) is 20.3 Å². The Kier molecular flexibility index (Phi) is 5.70. The second kappa shape index (κ2) is 7.99. The molecule has 2 aromatic rings. The predicted molar refractivity (Wildman–Crippen MR) is 94.6 cm³/mol. The van der Waals surface area contributed by atoms with Gasteiger partial charge in [-0.15, -0.1) is 0 Å². The fourth-order valence-electron chi connectivity index (χ4n) is 3.36. The van der Waals surface area contributed by atoms with Crippen LogP contribution in [-0.4, -0.2) is 51.0 Å². The quantitative estimate of drug-likeness (QED) is 0.751. The second-order valence-corrected chi connectivity index (χ2v) is 7.19. The minimum Gasteiger partial charge on any atom is -0.384 e. The number of carbonyl (C=O) groups is 1. The highest BCUT2D eigenvalue weighted by Crippen LogP contribution is 2.32. The van der Waals surface area contributed by atoms with E-state index in [-0.39, 0.29) is 11.9 Å². The van der Waals surface area contributed by atoms with Crippen molar-refractivity contribution in [1.29, 1.82) is 0 Å². The third-order valence-corrected chi connectivity index (χ3v) is 4.58. The summed E-state index contributed by atoms with van der Waals surface area (Å²) in [5.74, 6) is 1.58. The van der Waals surface area contributed by atoms with Gasteiger partial charge < -0.3 is 14.2 Å². The van der Waals surface area contributed by atoms with Gasteiger partial charge in [-0.1, -0.05) is 19.0 Å². The highest BCUT2D eigenvalue weighted by Gasteiger charge is 2.35. The summed E-state index contributed by atoms with van der Waals surface area (Å²) in [6, 6.07) is 1.73. The Morgan fingerprint density at radius 1 is 1.46 bits per heavy atom. The van der Waals surface area contributed by atoms with Crippen molar-refractivity contribution in [1.82, 2.24) is 24.8 Å². The number of hydrogen-bond acceptors (Lipinski definition) is 6. The molecule has 0 radical (unpaired) electrons. The van der Waals surface area contributed by atoms with Crippen molar-refractivity contribution in [3.63, 3.8) is 0 Å². The highest BCUT2D eigenvalue weighted by atomic mass is 16.5. The van der Waals surface area contributed by atoms with E-state index < -0.39 is 0 Å². The number of rotatable bonds is 7. The van der Waals surface area contributed by atoms with Crippen LogP contribution in [-0.2, 0) is 24.6 Å². The molecule has 2 aromatic heterocycles. The molecule has 0 saturated carbocycles. The van der Waals surface area contributed by atoms with E-state index >= 15 is 0 Å². The van der Waals surface area contributed by atoms with Crippen LogP contribution in [0, 0.1) is 5.92 Å². The van der Waals surface area contributed by atoms with E-state index in [1.807, 2.05) is 18.0 Å². The third kappa shape index (κ3) is 3.95. The summed E-state index contributed by atoms with van der Waals surface area (Å²) < 4.78 is 12.1. The van der Waals surface area contributed by atoms with E-state index in [0.29, 0.717) is 42.9 Å². The first-order valence-electron chi connectivity index (χ1n) is 9.15. The van der Waals surface area contributed by atoms with Gasteiger partial charge in [0.15, 0.2) is 5.82 Å². The summed E-state index contributed by atoms with van der Waals surface area (Å²) >= 11 is 0. The van der Waals surface area contributed by atoms with E-state index in [0.717, 1.165) is 25.0 Å². The Hall–Kier alpha value is -2.22. The summed E-state index contributed by atoms with van der Waals surface area (Å²) in [5, 5.41) is 8.48. The topological polar surface area (TPSA) is 86.3 Å². The van der Waals surface area contributed by atoms with Gasteiger partial charge in [-0.25, -0.2) is 0 Å². The lowest BCUT2D eigenvalue weighted by Gasteiger charge is -2.21. The number of methoxy groups -OCH3 is 1. The highest BCUT2D eigenvalue weighted by molar-refractivity contribution is 5.93. The molecule has 1 fully saturated rings. The molecule has 0 N–H and O–H groups in total. The van der Waals surface area contributed by atoms with Gasteiger partial charge in [-0.2, -0.15) is 10.1 Å². The number of aromatic nitrogens is 4. The molecule has 1 aliphatic heterocycles. The van der Waals surface area contributed by atoms with Gasteiger partial charge in [-0.3, -0.25) is 9.48 Å². The van der Waals surface area contributed by atoms with Crippen molar-refractivity contribution >= 4 is 5.91 Å². The maximum Gasteiger partial charge on any atom is 0.272 e. The molecule has 0 aliphatic carbocycles. The summed E-state index contributed by atoms with van der Waals surface area (Å²) in [5.41, 5.74) is 1.55. The first kappa shape index (κ1) is 18.6. The number of aryl methyl sites for hydroxylation is 1. The van der Waals surface area contributed by atoms with E-state index in [1.54, 1.807) is 11.8 Å².